The molecule has 2 atom stereocenters. The quantitative estimate of drug-likeness (QED) is 0.475. The second-order valence-electron chi connectivity index (χ2n) is 5.38. The predicted molar refractivity (Wildman–Crippen MR) is 71.8 cm³/mol. The van der Waals surface area contributed by atoms with Crippen LogP contribution in [0.3, 0.4) is 0 Å². The van der Waals surface area contributed by atoms with Gasteiger partial charge in [-0.3, -0.25) is 19.8 Å². The maximum atomic E-state index is 12.2. The number of Topliss-reactive ketones (excluding diaryl/α,β-unsaturated/α-hetero) is 1. The molecule has 0 aliphatic carbocycles. The Kier molecular flexibility index (Phi) is 3.50. The second kappa shape index (κ2) is 5.30. The average molecular weight is 276 g/mol. The minimum absolute atomic E-state index is 0.0436. The highest BCUT2D eigenvalue weighted by molar-refractivity contribution is 5.98. The van der Waals surface area contributed by atoms with E-state index in [9.17, 15) is 14.9 Å². The third-order valence-electron chi connectivity index (χ3n) is 3.87. The lowest BCUT2D eigenvalue weighted by Crippen LogP contribution is -2.44. The fraction of sp³-hybridized carbons (Fsp3) is 0.500. The van der Waals surface area contributed by atoms with Crippen molar-refractivity contribution >= 4 is 11.5 Å². The Morgan fingerprint density at radius 3 is 2.70 bits per heavy atom. The fourth-order valence-corrected chi connectivity index (χ4v) is 2.92. The number of rotatable bonds is 4. The van der Waals surface area contributed by atoms with Gasteiger partial charge in [-0.25, -0.2) is 0 Å². The molecule has 0 amide bonds. The number of non-ortho nitro benzene ring substituents is 1. The number of nitrogens with zero attached hydrogens (tertiary/aromatic N) is 2. The Labute approximate surface area is 116 Å². The van der Waals surface area contributed by atoms with E-state index in [1.165, 1.54) is 12.1 Å². The third-order valence-corrected chi connectivity index (χ3v) is 3.87. The molecule has 0 radical (unpaired) electrons. The number of nitro benzene ring substituents is 1. The highest BCUT2D eigenvalue weighted by Crippen LogP contribution is 2.26. The Bertz CT molecular complexity index is 534. The van der Waals surface area contributed by atoms with Crippen molar-refractivity contribution in [1.82, 2.24) is 4.90 Å². The summed E-state index contributed by atoms with van der Waals surface area (Å²) in [6.07, 6.45) is 2.61. The van der Waals surface area contributed by atoms with E-state index < -0.39 is 4.92 Å². The fourth-order valence-electron chi connectivity index (χ4n) is 2.92. The van der Waals surface area contributed by atoms with Crippen molar-refractivity contribution in [1.29, 1.82) is 0 Å². The van der Waals surface area contributed by atoms with Gasteiger partial charge >= 0.3 is 0 Å². The van der Waals surface area contributed by atoms with E-state index in [1.54, 1.807) is 12.1 Å². The van der Waals surface area contributed by atoms with Gasteiger partial charge in [0.15, 0.2) is 5.78 Å². The van der Waals surface area contributed by atoms with E-state index >= 15 is 0 Å². The maximum Gasteiger partial charge on any atom is 0.270 e. The summed E-state index contributed by atoms with van der Waals surface area (Å²) in [7, 11) is 0. The Morgan fingerprint density at radius 1 is 1.35 bits per heavy atom. The van der Waals surface area contributed by atoms with Gasteiger partial charge < -0.3 is 4.74 Å². The lowest BCUT2D eigenvalue weighted by Gasteiger charge is -2.31. The molecule has 3 rings (SSSR count). The molecule has 2 heterocycles. The number of hydrogen-bond acceptors (Lipinski definition) is 5. The van der Waals surface area contributed by atoms with Crippen LogP contribution < -0.4 is 0 Å². The molecule has 20 heavy (non-hydrogen) atoms. The van der Waals surface area contributed by atoms with Gasteiger partial charge in [-0.05, 0) is 12.8 Å². The number of ketones is 1. The summed E-state index contributed by atoms with van der Waals surface area (Å²) >= 11 is 0. The normalized spacial score (nSPS) is 25.6. The van der Waals surface area contributed by atoms with Crippen LogP contribution in [-0.4, -0.2) is 47.4 Å². The van der Waals surface area contributed by atoms with Gasteiger partial charge in [0.2, 0.25) is 0 Å². The highest BCUT2D eigenvalue weighted by Gasteiger charge is 2.34. The standard InChI is InChI=1S/C14H16N2O4/c17-14(10-2-1-3-11(6-10)16(18)19)9-15-7-12-4-5-13(8-15)20-12/h1-3,6,12-13H,4-5,7-9H2. The van der Waals surface area contributed by atoms with Crippen LogP contribution in [0.4, 0.5) is 5.69 Å². The molecule has 1 aromatic carbocycles. The second-order valence-corrected chi connectivity index (χ2v) is 5.38. The molecule has 2 unspecified atom stereocenters. The summed E-state index contributed by atoms with van der Waals surface area (Å²) in [6, 6.07) is 5.92. The topological polar surface area (TPSA) is 72.7 Å². The third kappa shape index (κ3) is 2.71. The summed E-state index contributed by atoms with van der Waals surface area (Å²) in [6.45, 7) is 1.85. The molecular weight excluding hydrogens is 260 g/mol. The van der Waals surface area contributed by atoms with E-state index in [0.717, 1.165) is 25.9 Å². The minimum Gasteiger partial charge on any atom is -0.372 e. The summed E-state index contributed by atoms with van der Waals surface area (Å²) < 4.78 is 5.72. The van der Waals surface area contributed by atoms with Crippen LogP contribution in [0.5, 0.6) is 0 Å². The van der Waals surface area contributed by atoms with Crippen molar-refractivity contribution < 1.29 is 14.5 Å². The Morgan fingerprint density at radius 2 is 2.05 bits per heavy atom. The monoisotopic (exact) mass is 276 g/mol. The van der Waals surface area contributed by atoms with E-state index in [4.69, 9.17) is 4.74 Å². The molecule has 2 aliphatic heterocycles. The van der Waals surface area contributed by atoms with E-state index in [2.05, 4.69) is 4.90 Å². The molecule has 1 aromatic rings. The van der Waals surface area contributed by atoms with Crippen LogP contribution in [0, 0.1) is 10.1 Å². The number of morpholine rings is 1. The van der Waals surface area contributed by atoms with Crippen LogP contribution in [0.15, 0.2) is 24.3 Å². The van der Waals surface area contributed by atoms with Crippen LogP contribution >= 0.6 is 0 Å². The zero-order valence-electron chi connectivity index (χ0n) is 11.0. The smallest absolute Gasteiger partial charge is 0.270 e. The Hall–Kier alpha value is -1.79. The van der Waals surface area contributed by atoms with Crippen LogP contribution in [-0.2, 0) is 4.74 Å². The van der Waals surface area contributed by atoms with Crippen molar-refractivity contribution in [2.45, 2.75) is 25.0 Å². The number of nitro groups is 1. The van der Waals surface area contributed by atoms with E-state index in [0.29, 0.717) is 12.1 Å². The van der Waals surface area contributed by atoms with Gasteiger partial charge in [-0.2, -0.15) is 0 Å². The van der Waals surface area contributed by atoms with E-state index in [-0.39, 0.29) is 23.7 Å². The van der Waals surface area contributed by atoms with Crippen molar-refractivity contribution in [2.75, 3.05) is 19.6 Å². The molecule has 2 aliphatic rings. The first kappa shape index (κ1) is 13.2. The number of hydrogen-bond donors (Lipinski definition) is 0. The van der Waals surface area contributed by atoms with E-state index in [1.807, 2.05) is 0 Å². The molecule has 0 saturated carbocycles. The molecule has 0 N–H and O–H groups in total. The van der Waals surface area contributed by atoms with Gasteiger partial charge in [0.05, 0.1) is 23.7 Å². The average Bonchev–Trinajstić information content (AvgIpc) is 2.78. The van der Waals surface area contributed by atoms with Crippen molar-refractivity contribution in [3.63, 3.8) is 0 Å². The first-order valence-corrected chi connectivity index (χ1v) is 6.77. The van der Waals surface area contributed by atoms with Gasteiger partial charge in [0.25, 0.3) is 5.69 Å². The molecule has 6 nitrogen and oxygen atoms in total. The predicted octanol–water partition coefficient (Wildman–Crippen LogP) is 1.64. The highest BCUT2D eigenvalue weighted by atomic mass is 16.6. The van der Waals surface area contributed by atoms with Gasteiger partial charge in [0, 0.05) is 30.8 Å². The number of carbonyl (C=O) groups excluding carboxylic acids is 1. The molecule has 106 valence electrons. The van der Waals surface area contributed by atoms with Gasteiger partial charge in [-0.1, -0.05) is 12.1 Å². The SMILES string of the molecule is O=C(CN1CC2CCC(C1)O2)c1cccc([N+](=O)[O-])c1. The zero-order valence-corrected chi connectivity index (χ0v) is 11.0. The zero-order chi connectivity index (χ0) is 14.1. The molecular formula is C14H16N2O4. The molecule has 0 aromatic heterocycles. The van der Waals surface area contributed by atoms with Crippen LogP contribution in [0.2, 0.25) is 0 Å². The molecule has 0 spiro atoms. The largest absolute Gasteiger partial charge is 0.372 e. The van der Waals surface area contributed by atoms with Crippen molar-refractivity contribution in [2.24, 2.45) is 0 Å². The molecule has 2 bridgehead atoms. The maximum absolute atomic E-state index is 12.2. The summed E-state index contributed by atoms with van der Waals surface area (Å²) in [5.74, 6) is -0.0741. The van der Waals surface area contributed by atoms with Gasteiger partial charge in [0.1, 0.15) is 0 Å². The Balaban J connectivity index is 1.67. The first-order valence-electron chi connectivity index (χ1n) is 6.77. The lowest BCUT2D eigenvalue weighted by atomic mass is 10.1. The number of likely N-dealkylation sites (tertiary alicyclic amines) is 1. The number of fused-ring (bicyclic) bond motifs is 2. The minimum atomic E-state index is -0.480. The number of ether oxygens (including phenoxy) is 1. The number of benzene rings is 1. The molecule has 2 saturated heterocycles. The number of carbonyl (C=O) groups is 1. The van der Waals surface area contributed by atoms with Crippen LogP contribution in [0.25, 0.3) is 0 Å². The van der Waals surface area contributed by atoms with Crippen LogP contribution in [0.1, 0.15) is 23.2 Å². The summed E-state index contributed by atoms with van der Waals surface area (Å²) in [5.41, 5.74) is 0.357. The summed E-state index contributed by atoms with van der Waals surface area (Å²) in [4.78, 5) is 24.6. The summed E-state index contributed by atoms with van der Waals surface area (Å²) in [5, 5.41) is 10.7. The van der Waals surface area contributed by atoms with Crippen molar-refractivity contribution in [3.05, 3.63) is 39.9 Å². The molecule has 6 heteroatoms. The molecule has 2 fully saturated rings. The van der Waals surface area contributed by atoms with Gasteiger partial charge in [-0.15, -0.1) is 0 Å². The first-order chi connectivity index (χ1) is 9.61. The lowest BCUT2D eigenvalue weighted by molar-refractivity contribution is -0.384. The van der Waals surface area contributed by atoms with Crippen molar-refractivity contribution in [3.8, 4) is 0 Å².